The minimum atomic E-state index is -0.521. The smallest absolute Gasteiger partial charge is 0.267 e. The lowest BCUT2D eigenvalue weighted by atomic mass is 10.0. The number of methoxy groups -OCH3 is 1. The summed E-state index contributed by atoms with van der Waals surface area (Å²) in [4.78, 5) is 17.4. The first-order chi connectivity index (χ1) is 9.41. The largest absolute Gasteiger partial charge is 0.382 e. The van der Waals surface area contributed by atoms with Gasteiger partial charge < -0.3 is 20.1 Å². The number of nitrogens with two attached hydrogens (primary N) is 1. The van der Waals surface area contributed by atoms with Crippen LogP contribution in [-0.2, 0) is 9.47 Å². The number of amides is 1. The molecule has 2 N–H and O–H groups in total. The van der Waals surface area contributed by atoms with E-state index in [2.05, 4.69) is 9.88 Å². The molecule has 0 saturated carbocycles. The van der Waals surface area contributed by atoms with Crippen LogP contribution in [0.25, 0.3) is 0 Å². The van der Waals surface area contributed by atoms with Gasteiger partial charge in [0.15, 0.2) is 0 Å². The number of hydrogen-bond donors (Lipinski definition) is 1. The Kier molecular flexibility index (Phi) is 4.25. The molecule has 2 heterocycles. The van der Waals surface area contributed by atoms with Gasteiger partial charge in [0.25, 0.3) is 5.91 Å². The fourth-order valence-corrected chi connectivity index (χ4v) is 2.52. The van der Waals surface area contributed by atoms with E-state index in [1.165, 1.54) is 0 Å². The summed E-state index contributed by atoms with van der Waals surface area (Å²) < 4.78 is 11.2. The summed E-state index contributed by atoms with van der Waals surface area (Å²) in [6.45, 7) is 6.05. The van der Waals surface area contributed by atoms with Crippen molar-refractivity contribution in [3.63, 3.8) is 0 Å². The summed E-state index contributed by atoms with van der Waals surface area (Å²) in [6, 6.07) is 3.59. The molecule has 1 atom stereocenters. The lowest BCUT2D eigenvalue weighted by molar-refractivity contribution is -0.106. The average Bonchev–Trinajstić information content (AvgIpc) is 2.37. The molecular weight excluding hydrogens is 258 g/mol. The number of ether oxygens (including phenoxy) is 2. The highest BCUT2D eigenvalue weighted by atomic mass is 16.5. The maximum absolute atomic E-state index is 11.2. The van der Waals surface area contributed by atoms with Crippen LogP contribution in [-0.4, -0.2) is 49.4 Å². The van der Waals surface area contributed by atoms with Crippen LogP contribution in [0, 0.1) is 0 Å². The number of aromatic nitrogens is 1. The number of carbonyl (C=O) groups excluding carboxylic acids is 1. The van der Waals surface area contributed by atoms with Crippen LogP contribution in [0.2, 0.25) is 0 Å². The Morgan fingerprint density at radius 3 is 3.05 bits per heavy atom. The monoisotopic (exact) mass is 279 g/mol. The number of primary amides is 1. The molecule has 1 amide bonds. The van der Waals surface area contributed by atoms with Gasteiger partial charge in [-0.25, -0.2) is 0 Å². The van der Waals surface area contributed by atoms with Gasteiger partial charge in [0.1, 0.15) is 5.69 Å². The molecule has 1 aliphatic rings. The number of morpholine rings is 1. The number of pyridine rings is 1. The lowest BCUT2D eigenvalue weighted by Gasteiger charge is -2.43. The van der Waals surface area contributed by atoms with Crippen LogP contribution in [0.5, 0.6) is 0 Å². The number of nitrogens with zero attached hydrogens (tertiary/aromatic N) is 2. The molecule has 2 rings (SSSR count). The van der Waals surface area contributed by atoms with E-state index in [-0.39, 0.29) is 17.4 Å². The number of hydrogen-bond acceptors (Lipinski definition) is 5. The zero-order chi connectivity index (χ0) is 14.8. The van der Waals surface area contributed by atoms with Gasteiger partial charge in [-0.05, 0) is 26.0 Å². The van der Waals surface area contributed by atoms with Crippen LogP contribution in [0.3, 0.4) is 0 Å². The Morgan fingerprint density at radius 1 is 1.65 bits per heavy atom. The Balaban J connectivity index is 2.22. The molecule has 1 aromatic rings. The van der Waals surface area contributed by atoms with Crippen LogP contribution in [0.15, 0.2) is 18.3 Å². The van der Waals surface area contributed by atoms with Crippen molar-refractivity contribution in [2.75, 3.05) is 31.7 Å². The van der Waals surface area contributed by atoms with Gasteiger partial charge in [0, 0.05) is 32.1 Å². The third kappa shape index (κ3) is 3.46. The highest BCUT2D eigenvalue weighted by Crippen LogP contribution is 2.26. The Bertz CT molecular complexity index is 490. The van der Waals surface area contributed by atoms with E-state index in [0.717, 1.165) is 12.2 Å². The summed E-state index contributed by atoms with van der Waals surface area (Å²) in [5, 5.41) is 0. The van der Waals surface area contributed by atoms with Gasteiger partial charge >= 0.3 is 0 Å². The maximum Gasteiger partial charge on any atom is 0.267 e. The van der Waals surface area contributed by atoms with Crippen LogP contribution in [0.1, 0.15) is 24.3 Å². The highest BCUT2D eigenvalue weighted by Gasteiger charge is 2.33. The molecule has 1 aliphatic heterocycles. The second kappa shape index (κ2) is 5.76. The van der Waals surface area contributed by atoms with Crippen LogP contribution < -0.4 is 10.6 Å². The summed E-state index contributed by atoms with van der Waals surface area (Å²) in [7, 11) is 1.66. The second-order valence-corrected chi connectivity index (χ2v) is 5.60. The third-order valence-electron chi connectivity index (χ3n) is 3.20. The first-order valence-electron chi connectivity index (χ1n) is 6.59. The Hall–Kier alpha value is -1.66. The molecule has 6 heteroatoms. The Morgan fingerprint density at radius 2 is 2.40 bits per heavy atom. The maximum atomic E-state index is 11.2. The zero-order valence-corrected chi connectivity index (χ0v) is 12.1. The van der Waals surface area contributed by atoms with Crippen LogP contribution >= 0.6 is 0 Å². The van der Waals surface area contributed by atoms with E-state index in [4.69, 9.17) is 15.2 Å². The van der Waals surface area contributed by atoms with Crippen molar-refractivity contribution >= 4 is 11.6 Å². The van der Waals surface area contributed by atoms with E-state index in [1.807, 2.05) is 19.9 Å². The molecule has 0 bridgehead atoms. The van der Waals surface area contributed by atoms with Gasteiger partial charge in [0.2, 0.25) is 0 Å². The van der Waals surface area contributed by atoms with Crippen molar-refractivity contribution in [3.8, 4) is 0 Å². The fourth-order valence-electron chi connectivity index (χ4n) is 2.52. The molecule has 0 spiro atoms. The lowest BCUT2D eigenvalue weighted by Crippen LogP contribution is -2.54. The standard InChI is InChI=1S/C14H21N3O3/c1-14(2)9-17(7-11(20-14)8-19-3)10-4-5-16-12(6-10)13(15)18/h4-6,11H,7-9H2,1-3H3,(H2,15,18)/t11-/m1/s1. The quantitative estimate of drug-likeness (QED) is 0.882. The molecule has 6 nitrogen and oxygen atoms in total. The fraction of sp³-hybridized carbons (Fsp3) is 0.571. The predicted molar refractivity (Wildman–Crippen MR) is 75.8 cm³/mol. The van der Waals surface area contributed by atoms with Crippen molar-refractivity contribution in [2.45, 2.75) is 25.6 Å². The summed E-state index contributed by atoms with van der Waals surface area (Å²) in [5.74, 6) is -0.521. The van der Waals surface area contributed by atoms with Crippen molar-refractivity contribution in [1.29, 1.82) is 0 Å². The minimum absolute atomic E-state index is 0.00561. The molecule has 1 fully saturated rings. The average molecular weight is 279 g/mol. The van der Waals surface area contributed by atoms with Gasteiger partial charge in [-0.3, -0.25) is 9.78 Å². The van der Waals surface area contributed by atoms with E-state index in [9.17, 15) is 4.79 Å². The summed E-state index contributed by atoms with van der Waals surface area (Å²) in [5.41, 5.74) is 6.19. The topological polar surface area (TPSA) is 77.7 Å². The third-order valence-corrected chi connectivity index (χ3v) is 3.20. The SMILES string of the molecule is COC[C@H]1CN(c2ccnc(C(N)=O)c2)CC(C)(C)O1. The second-order valence-electron chi connectivity index (χ2n) is 5.60. The molecule has 1 aromatic heterocycles. The zero-order valence-electron chi connectivity index (χ0n) is 12.1. The minimum Gasteiger partial charge on any atom is -0.382 e. The predicted octanol–water partition coefficient (Wildman–Crippen LogP) is 0.811. The van der Waals surface area contributed by atoms with E-state index in [0.29, 0.717) is 13.2 Å². The van der Waals surface area contributed by atoms with Gasteiger partial charge in [0.05, 0.1) is 18.3 Å². The molecule has 110 valence electrons. The van der Waals surface area contributed by atoms with E-state index < -0.39 is 5.91 Å². The van der Waals surface area contributed by atoms with Crippen molar-refractivity contribution in [2.24, 2.45) is 5.73 Å². The molecule has 1 saturated heterocycles. The van der Waals surface area contributed by atoms with Crippen LogP contribution in [0.4, 0.5) is 5.69 Å². The van der Waals surface area contributed by atoms with Gasteiger partial charge in [-0.2, -0.15) is 0 Å². The van der Waals surface area contributed by atoms with E-state index >= 15 is 0 Å². The van der Waals surface area contributed by atoms with Crippen molar-refractivity contribution < 1.29 is 14.3 Å². The summed E-state index contributed by atoms with van der Waals surface area (Å²) in [6.07, 6.45) is 1.59. The molecule has 20 heavy (non-hydrogen) atoms. The molecular formula is C14H21N3O3. The number of anilines is 1. The molecule has 0 radical (unpaired) electrons. The van der Waals surface area contributed by atoms with Crippen molar-refractivity contribution in [1.82, 2.24) is 4.98 Å². The normalized spacial score (nSPS) is 21.8. The highest BCUT2D eigenvalue weighted by molar-refractivity contribution is 5.91. The molecule has 0 aliphatic carbocycles. The molecule has 0 unspecified atom stereocenters. The summed E-state index contributed by atoms with van der Waals surface area (Å²) >= 11 is 0. The molecule has 0 aromatic carbocycles. The van der Waals surface area contributed by atoms with Crippen molar-refractivity contribution in [3.05, 3.63) is 24.0 Å². The Labute approximate surface area is 118 Å². The number of rotatable bonds is 4. The first kappa shape index (κ1) is 14.7. The first-order valence-corrected chi connectivity index (χ1v) is 6.59. The van der Waals surface area contributed by atoms with Gasteiger partial charge in [-0.1, -0.05) is 0 Å². The number of carbonyl (C=O) groups is 1. The van der Waals surface area contributed by atoms with Gasteiger partial charge in [-0.15, -0.1) is 0 Å². The van der Waals surface area contributed by atoms with E-state index in [1.54, 1.807) is 19.4 Å².